The van der Waals surface area contributed by atoms with Gasteiger partial charge in [-0.05, 0) is 23.4 Å². The molecular formula is C13H15NO. The first kappa shape index (κ1) is 11.4. The molecule has 2 N–H and O–H groups in total. The molecule has 78 valence electrons. The van der Waals surface area contributed by atoms with Gasteiger partial charge in [0, 0.05) is 6.42 Å². The SMILES string of the molecule is CN.O=CCc1ccc2ccccc2c1. The van der Waals surface area contributed by atoms with Gasteiger partial charge in [-0.1, -0.05) is 42.5 Å². The first-order chi connectivity index (χ1) is 7.40. The summed E-state index contributed by atoms with van der Waals surface area (Å²) in [6, 6.07) is 14.3. The standard InChI is InChI=1S/C12H10O.CH5N/c13-8-7-10-5-6-11-3-1-2-4-12(11)9-10;1-2/h1-6,8-9H,7H2;2H2,1H3. The number of aldehydes is 1. The highest BCUT2D eigenvalue weighted by molar-refractivity contribution is 5.83. The lowest BCUT2D eigenvalue weighted by Crippen LogP contribution is -1.84. The molecule has 0 radical (unpaired) electrons. The van der Waals surface area contributed by atoms with E-state index in [1.807, 2.05) is 24.3 Å². The molecular weight excluding hydrogens is 186 g/mol. The van der Waals surface area contributed by atoms with Crippen LogP contribution in [0.2, 0.25) is 0 Å². The zero-order valence-corrected chi connectivity index (χ0v) is 8.81. The van der Waals surface area contributed by atoms with Crippen molar-refractivity contribution in [2.24, 2.45) is 5.73 Å². The summed E-state index contributed by atoms with van der Waals surface area (Å²) in [7, 11) is 1.50. The fourth-order valence-corrected chi connectivity index (χ4v) is 1.46. The van der Waals surface area contributed by atoms with Crippen LogP contribution in [0.5, 0.6) is 0 Å². The van der Waals surface area contributed by atoms with Crippen LogP contribution >= 0.6 is 0 Å². The minimum Gasteiger partial charge on any atom is -0.333 e. The van der Waals surface area contributed by atoms with Crippen molar-refractivity contribution >= 4 is 17.1 Å². The van der Waals surface area contributed by atoms with Crippen LogP contribution in [-0.4, -0.2) is 13.3 Å². The first-order valence-corrected chi connectivity index (χ1v) is 4.89. The minimum absolute atomic E-state index is 0.505. The quantitative estimate of drug-likeness (QED) is 0.756. The van der Waals surface area contributed by atoms with Crippen LogP contribution in [0, 0.1) is 0 Å². The van der Waals surface area contributed by atoms with E-state index in [2.05, 4.69) is 23.9 Å². The molecule has 2 aromatic carbocycles. The van der Waals surface area contributed by atoms with E-state index in [-0.39, 0.29) is 0 Å². The molecule has 0 saturated heterocycles. The second kappa shape index (κ2) is 5.94. The fourth-order valence-electron chi connectivity index (χ4n) is 1.46. The van der Waals surface area contributed by atoms with Crippen LogP contribution in [0.3, 0.4) is 0 Å². The van der Waals surface area contributed by atoms with Gasteiger partial charge in [-0.3, -0.25) is 0 Å². The van der Waals surface area contributed by atoms with Crippen LogP contribution in [0.15, 0.2) is 42.5 Å². The Balaban J connectivity index is 0.000000531. The van der Waals surface area contributed by atoms with Gasteiger partial charge in [-0.2, -0.15) is 0 Å². The van der Waals surface area contributed by atoms with Crippen LogP contribution in [0.4, 0.5) is 0 Å². The smallest absolute Gasteiger partial charge is 0.124 e. The lowest BCUT2D eigenvalue weighted by molar-refractivity contribution is -0.107. The highest BCUT2D eigenvalue weighted by Crippen LogP contribution is 2.15. The molecule has 0 aliphatic heterocycles. The Labute approximate surface area is 89.7 Å². The molecule has 0 aliphatic carbocycles. The van der Waals surface area contributed by atoms with E-state index in [0.717, 1.165) is 11.8 Å². The van der Waals surface area contributed by atoms with Crippen LogP contribution < -0.4 is 5.73 Å². The van der Waals surface area contributed by atoms with E-state index < -0.39 is 0 Å². The number of hydrogen-bond donors (Lipinski definition) is 1. The van der Waals surface area contributed by atoms with Crippen LogP contribution in [-0.2, 0) is 11.2 Å². The second-order valence-corrected chi connectivity index (χ2v) is 3.05. The summed E-state index contributed by atoms with van der Waals surface area (Å²) in [6.07, 6.45) is 1.44. The van der Waals surface area contributed by atoms with Crippen LogP contribution in [0.1, 0.15) is 5.56 Å². The molecule has 0 spiro atoms. The number of fused-ring (bicyclic) bond motifs is 1. The molecule has 2 rings (SSSR count). The van der Waals surface area contributed by atoms with Gasteiger partial charge >= 0.3 is 0 Å². The maximum atomic E-state index is 10.3. The Morgan fingerprint density at radius 2 is 1.73 bits per heavy atom. The predicted molar refractivity (Wildman–Crippen MR) is 63.8 cm³/mol. The van der Waals surface area contributed by atoms with Gasteiger partial charge in [0.2, 0.25) is 0 Å². The molecule has 0 unspecified atom stereocenters. The van der Waals surface area contributed by atoms with Gasteiger partial charge in [-0.15, -0.1) is 0 Å². The Kier molecular flexibility index (Phi) is 4.51. The van der Waals surface area contributed by atoms with Crippen molar-refractivity contribution in [3.63, 3.8) is 0 Å². The zero-order chi connectivity index (χ0) is 11.1. The van der Waals surface area contributed by atoms with E-state index in [1.165, 1.54) is 17.8 Å². The lowest BCUT2D eigenvalue weighted by Gasteiger charge is -1.99. The van der Waals surface area contributed by atoms with Crippen molar-refractivity contribution in [1.82, 2.24) is 0 Å². The maximum absolute atomic E-state index is 10.3. The molecule has 0 amide bonds. The number of benzene rings is 2. The molecule has 0 atom stereocenters. The Morgan fingerprint density at radius 3 is 2.40 bits per heavy atom. The third-order valence-electron chi connectivity index (χ3n) is 2.13. The van der Waals surface area contributed by atoms with E-state index in [0.29, 0.717) is 6.42 Å². The number of carbonyl (C=O) groups excluding carboxylic acids is 1. The maximum Gasteiger partial charge on any atom is 0.124 e. The van der Waals surface area contributed by atoms with Crippen molar-refractivity contribution in [2.45, 2.75) is 6.42 Å². The van der Waals surface area contributed by atoms with Crippen molar-refractivity contribution in [2.75, 3.05) is 7.05 Å². The highest BCUT2D eigenvalue weighted by atomic mass is 16.1. The molecule has 2 aromatic rings. The summed E-state index contributed by atoms with van der Waals surface area (Å²) in [4.78, 5) is 10.3. The van der Waals surface area contributed by atoms with Gasteiger partial charge in [0.15, 0.2) is 0 Å². The molecule has 0 aliphatic rings. The third kappa shape index (κ3) is 2.89. The van der Waals surface area contributed by atoms with Crippen molar-refractivity contribution < 1.29 is 4.79 Å². The van der Waals surface area contributed by atoms with E-state index in [9.17, 15) is 4.79 Å². The summed E-state index contributed by atoms with van der Waals surface area (Å²) < 4.78 is 0. The highest BCUT2D eigenvalue weighted by Gasteiger charge is 1.94. The van der Waals surface area contributed by atoms with Gasteiger partial charge in [0.25, 0.3) is 0 Å². The van der Waals surface area contributed by atoms with Crippen LogP contribution in [0.25, 0.3) is 10.8 Å². The number of carbonyl (C=O) groups is 1. The van der Waals surface area contributed by atoms with E-state index in [1.54, 1.807) is 0 Å². The largest absolute Gasteiger partial charge is 0.333 e. The molecule has 2 nitrogen and oxygen atoms in total. The lowest BCUT2D eigenvalue weighted by atomic mass is 10.1. The Morgan fingerprint density at radius 1 is 1.07 bits per heavy atom. The summed E-state index contributed by atoms with van der Waals surface area (Å²) in [6.45, 7) is 0. The normalized spacial score (nSPS) is 9.20. The molecule has 0 aromatic heterocycles. The first-order valence-electron chi connectivity index (χ1n) is 4.89. The molecule has 0 fully saturated rings. The molecule has 2 heteroatoms. The molecule has 0 bridgehead atoms. The Hall–Kier alpha value is -1.67. The van der Waals surface area contributed by atoms with Gasteiger partial charge < -0.3 is 10.5 Å². The van der Waals surface area contributed by atoms with Gasteiger partial charge in [0.05, 0.1) is 0 Å². The average molecular weight is 201 g/mol. The van der Waals surface area contributed by atoms with E-state index >= 15 is 0 Å². The molecule has 0 saturated carbocycles. The second-order valence-electron chi connectivity index (χ2n) is 3.05. The summed E-state index contributed by atoms with van der Waals surface area (Å²) in [5.74, 6) is 0. The summed E-state index contributed by atoms with van der Waals surface area (Å²) in [5.41, 5.74) is 5.58. The molecule has 15 heavy (non-hydrogen) atoms. The van der Waals surface area contributed by atoms with Gasteiger partial charge in [0.1, 0.15) is 6.29 Å². The minimum atomic E-state index is 0.505. The average Bonchev–Trinajstić information content (AvgIpc) is 2.32. The fraction of sp³-hybridized carbons (Fsp3) is 0.154. The number of rotatable bonds is 2. The number of nitrogens with two attached hydrogens (primary N) is 1. The van der Waals surface area contributed by atoms with Crippen molar-refractivity contribution in [3.05, 3.63) is 48.0 Å². The monoisotopic (exact) mass is 201 g/mol. The van der Waals surface area contributed by atoms with Crippen molar-refractivity contribution in [3.8, 4) is 0 Å². The Bertz CT molecular complexity index is 437. The third-order valence-corrected chi connectivity index (χ3v) is 2.13. The number of hydrogen-bond acceptors (Lipinski definition) is 2. The predicted octanol–water partition coefficient (Wildman–Crippen LogP) is 2.16. The zero-order valence-electron chi connectivity index (χ0n) is 8.81. The summed E-state index contributed by atoms with van der Waals surface area (Å²) >= 11 is 0. The summed E-state index contributed by atoms with van der Waals surface area (Å²) in [5, 5.41) is 2.42. The van der Waals surface area contributed by atoms with E-state index in [4.69, 9.17) is 0 Å². The molecule has 0 heterocycles. The van der Waals surface area contributed by atoms with Gasteiger partial charge in [-0.25, -0.2) is 0 Å². The topological polar surface area (TPSA) is 43.1 Å². The van der Waals surface area contributed by atoms with Crippen molar-refractivity contribution in [1.29, 1.82) is 0 Å².